The Morgan fingerprint density at radius 1 is 1.05 bits per heavy atom. The highest BCUT2D eigenvalue weighted by atomic mass is 16.5. The van der Waals surface area contributed by atoms with Crippen LogP contribution in [0.2, 0.25) is 0 Å². The lowest BCUT2D eigenvalue weighted by molar-refractivity contribution is -0.178. The molecule has 6 rings (SSSR count). The number of rotatable bonds is 7. The fourth-order valence-corrected chi connectivity index (χ4v) is 8.79. The first-order valence-corrected chi connectivity index (χ1v) is 15.4. The molecule has 0 heterocycles. The van der Waals surface area contributed by atoms with Gasteiger partial charge in [-0.15, -0.1) is 0 Å². The van der Waals surface area contributed by atoms with Gasteiger partial charge in [-0.05, 0) is 54.6 Å². The van der Waals surface area contributed by atoms with Gasteiger partial charge in [0.05, 0.1) is 5.56 Å². The van der Waals surface area contributed by atoms with Crippen LogP contribution in [0.15, 0.2) is 35.1 Å². The molecule has 8 atom stereocenters. The summed E-state index contributed by atoms with van der Waals surface area (Å²) >= 11 is 0. The van der Waals surface area contributed by atoms with E-state index in [1.807, 2.05) is 0 Å². The molecule has 0 radical (unpaired) electrons. The first-order valence-electron chi connectivity index (χ1n) is 15.4. The number of hydrogen-bond acceptors (Lipinski definition) is 10. The third-order valence-corrected chi connectivity index (χ3v) is 10.9. The van der Waals surface area contributed by atoms with Crippen molar-refractivity contribution >= 4 is 35.0 Å². The molecule has 0 aliphatic heterocycles. The van der Waals surface area contributed by atoms with Gasteiger partial charge in [-0.25, -0.2) is 0 Å². The van der Waals surface area contributed by atoms with Crippen LogP contribution < -0.4 is 5.73 Å². The van der Waals surface area contributed by atoms with E-state index < -0.39 is 76.4 Å². The van der Waals surface area contributed by atoms with Crippen molar-refractivity contribution in [3.05, 3.63) is 46.2 Å². The van der Waals surface area contributed by atoms with E-state index >= 15 is 0 Å². The number of primary amides is 1. The van der Waals surface area contributed by atoms with Gasteiger partial charge < -0.3 is 30.9 Å². The van der Waals surface area contributed by atoms with E-state index in [-0.39, 0.29) is 23.3 Å². The van der Waals surface area contributed by atoms with Gasteiger partial charge in [0, 0.05) is 43.1 Å². The van der Waals surface area contributed by atoms with Crippen molar-refractivity contribution < 1.29 is 49.1 Å². The first kappa shape index (κ1) is 30.1. The molecule has 234 valence electrons. The number of esters is 1. The van der Waals surface area contributed by atoms with Gasteiger partial charge in [0.1, 0.15) is 34.7 Å². The minimum Gasteiger partial charge on any atom is -0.508 e. The van der Waals surface area contributed by atoms with Gasteiger partial charge in [-0.1, -0.05) is 31.9 Å². The number of phenols is 1. The number of nitrogens with two attached hydrogens (primary N) is 1. The lowest BCUT2D eigenvalue weighted by atomic mass is 9.55. The summed E-state index contributed by atoms with van der Waals surface area (Å²) in [5, 5.41) is 44.7. The molecule has 5 aliphatic carbocycles. The van der Waals surface area contributed by atoms with Crippen molar-refractivity contribution in [2.24, 2.45) is 35.3 Å². The quantitative estimate of drug-likeness (QED) is 0.174. The van der Waals surface area contributed by atoms with Crippen molar-refractivity contribution in [3.63, 3.8) is 0 Å². The van der Waals surface area contributed by atoms with Crippen LogP contribution in [-0.4, -0.2) is 61.4 Å². The van der Waals surface area contributed by atoms with E-state index in [0.29, 0.717) is 48.4 Å². The minimum absolute atomic E-state index is 0.0150. The van der Waals surface area contributed by atoms with Gasteiger partial charge in [0.25, 0.3) is 5.91 Å². The third kappa shape index (κ3) is 4.46. The summed E-state index contributed by atoms with van der Waals surface area (Å²) in [6.07, 6.45) is 3.65. The number of Topliss-reactive ketones (excluding diaryl/α,β-unsaturated/α-hetero) is 3. The number of carbonyl (C=O) groups excluding carboxylic acids is 5. The van der Waals surface area contributed by atoms with E-state index in [1.165, 1.54) is 6.07 Å². The molecule has 6 N–H and O–H groups in total. The van der Waals surface area contributed by atoms with Crippen LogP contribution in [0.25, 0.3) is 5.76 Å². The molecule has 11 nitrogen and oxygen atoms in total. The smallest absolute Gasteiger partial charge is 0.306 e. The Morgan fingerprint density at radius 2 is 1.80 bits per heavy atom. The predicted octanol–water partition coefficient (Wildman–Crippen LogP) is 3.07. The van der Waals surface area contributed by atoms with Gasteiger partial charge in [-0.2, -0.15) is 0 Å². The number of aliphatic hydroxyl groups is 3. The number of aliphatic hydroxyl groups excluding tert-OH is 2. The SMILES string of the molecule is C[C@H]1c2cccc(O)c2C(O)=C2C(=O)[C@]3(O)C(O)=C(C(N)=O)C(=O)C[C@@H]3[C@@H](OC(=O)CCCCC3CCC4CC(=O)CC34)[C@@H]21. The fourth-order valence-electron chi connectivity index (χ4n) is 8.79. The molecule has 0 bridgehead atoms. The van der Waals surface area contributed by atoms with Crippen LogP contribution in [-0.2, 0) is 28.7 Å². The summed E-state index contributed by atoms with van der Waals surface area (Å²) in [7, 11) is 0. The van der Waals surface area contributed by atoms with Gasteiger partial charge in [0.2, 0.25) is 5.78 Å². The molecule has 3 fully saturated rings. The van der Waals surface area contributed by atoms with Gasteiger partial charge in [-0.3, -0.25) is 24.0 Å². The Kier molecular flexibility index (Phi) is 7.42. The largest absolute Gasteiger partial charge is 0.508 e. The first-order chi connectivity index (χ1) is 20.9. The molecular weight excluding hydrogens is 570 g/mol. The summed E-state index contributed by atoms with van der Waals surface area (Å²) in [6, 6.07) is 4.54. The molecule has 3 unspecified atom stereocenters. The number of ketones is 3. The van der Waals surface area contributed by atoms with Crippen LogP contribution in [0.1, 0.15) is 81.8 Å². The lowest BCUT2D eigenvalue weighted by Crippen LogP contribution is -2.64. The second kappa shape index (κ2) is 10.9. The molecule has 1 aromatic carbocycles. The maximum Gasteiger partial charge on any atom is 0.306 e. The zero-order chi connectivity index (χ0) is 31.7. The number of phenolic OH excluding ortho intramolecular Hbond substituents is 1. The number of ether oxygens (including phenoxy) is 1. The number of carbonyl (C=O) groups is 5. The highest BCUT2D eigenvalue weighted by molar-refractivity contribution is 6.23. The number of fused-ring (bicyclic) bond motifs is 4. The molecule has 1 aromatic rings. The molecule has 44 heavy (non-hydrogen) atoms. The average Bonchev–Trinajstić information content (AvgIpc) is 3.51. The average molecular weight is 608 g/mol. The molecule has 0 saturated heterocycles. The van der Waals surface area contributed by atoms with Crippen molar-refractivity contribution in [3.8, 4) is 5.75 Å². The monoisotopic (exact) mass is 607 g/mol. The second-order valence-corrected chi connectivity index (χ2v) is 13.1. The summed E-state index contributed by atoms with van der Waals surface area (Å²) in [4.78, 5) is 64.2. The Morgan fingerprint density at radius 3 is 2.52 bits per heavy atom. The Hall–Kier alpha value is -3.99. The highest BCUT2D eigenvalue weighted by Crippen LogP contribution is 2.56. The zero-order valence-electron chi connectivity index (χ0n) is 24.5. The maximum atomic E-state index is 14.0. The Balaban J connectivity index is 1.29. The number of hydrogen-bond donors (Lipinski definition) is 5. The van der Waals surface area contributed by atoms with E-state index in [2.05, 4.69) is 0 Å². The summed E-state index contributed by atoms with van der Waals surface area (Å²) in [5.41, 5.74) is 1.55. The van der Waals surface area contributed by atoms with Crippen LogP contribution in [0.3, 0.4) is 0 Å². The Bertz CT molecular complexity index is 1540. The highest BCUT2D eigenvalue weighted by Gasteiger charge is 2.66. The number of unbranched alkanes of at least 4 members (excludes halogenated alkanes) is 1. The number of amides is 1. The molecule has 0 spiro atoms. The normalized spacial score (nSPS) is 34.4. The number of benzene rings is 1. The van der Waals surface area contributed by atoms with Crippen molar-refractivity contribution in [2.75, 3.05) is 0 Å². The predicted molar refractivity (Wildman–Crippen MR) is 154 cm³/mol. The minimum atomic E-state index is -2.89. The topological polar surface area (TPSA) is 202 Å². The van der Waals surface area contributed by atoms with Crippen LogP contribution in [0.4, 0.5) is 0 Å². The fraction of sp³-hybridized carbons (Fsp3) is 0.545. The van der Waals surface area contributed by atoms with Crippen LogP contribution >= 0.6 is 0 Å². The molecule has 5 aliphatic rings. The van der Waals surface area contributed by atoms with Crippen LogP contribution in [0.5, 0.6) is 5.75 Å². The van der Waals surface area contributed by atoms with Gasteiger partial charge in [0.15, 0.2) is 11.4 Å². The Labute approximate surface area is 253 Å². The van der Waals surface area contributed by atoms with E-state index in [4.69, 9.17) is 10.5 Å². The standard InChI is InChI=1S/C33H37NO10/c1-14-18-6-4-7-21(36)25(18)28(39)27-24(14)29(20-13-22(37)26(32(34)42)30(40)33(20,43)31(27)41)44-23(38)8-3-2-5-15-9-10-16-11-17(35)12-19(15)16/h4,6-7,14-16,19-20,24,29,36,39-40,43H,2-3,5,8-13H2,1H3,(H2,34,42)/t14-,15?,16?,19?,20+,24+,29+,33+/m0/s1. The molecular formula is C33H37NO10. The maximum absolute atomic E-state index is 14.0. The summed E-state index contributed by atoms with van der Waals surface area (Å²) in [5.74, 6) is -7.69. The van der Waals surface area contributed by atoms with E-state index in [9.17, 15) is 44.4 Å². The molecule has 11 heteroatoms. The summed E-state index contributed by atoms with van der Waals surface area (Å²) in [6.45, 7) is 1.71. The van der Waals surface area contributed by atoms with Crippen molar-refractivity contribution in [1.29, 1.82) is 0 Å². The summed E-state index contributed by atoms with van der Waals surface area (Å²) < 4.78 is 5.95. The third-order valence-electron chi connectivity index (χ3n) is 10.9. The van der Waals surface area contributed by atoms with Gasteiger partial charge >= 0.3 is 5.97 Å². The zero-order valence-corrected chi connectivity index (χ0v) is 24.5. The van der Waals surface area contributed by atoms with E-state index in [0.717, 1.165) is 25.7 Å². The molecule has 1 amide bonds. The molecule has 0 aromatic heterocycles. The van der Waals surface area contributed by atoms with Crippen molar-refractivity contribution in [1.82, 2.24) is 0 Å². The second-order valence-electron chi connectivity index (χ2n) is 13.1. The molecule has 3 saturated carbocycles. The van der Waals surface area contributed by atoms with Crippen molar-refractivity contribution in [2.45, 2.75) is 82.3 Å². The van der Waals surface area contributed by atoms with Crippen LogP contribution in [0, 0.1) is 29.6 Å². The lowest BCUT2D eigenvalue weighted by Gasteiger charge is -2.51. The van der Waals surface area contributed by atoms with E-state index in [1.54, 1.807) is 19.1 Å². The number of aromatic hydroxyl groups is 1.